The van der Waals surface area contributed by atoms with E-state index in [1.165, 1.54) is 12.4 Å². The summed E-state index contributed by atoms with van der Waals surface area (Å²) in [7, 11) is 0. The maximum absolute atomic E-state index is 7.53. The molecule has 0 amide bonds. The first-order valence-corrected chi connectivity index (χ1v) is 3.89. The van der Waals surface area contributed by atoms with Crippen molar-refractivity contribution < 1.29 is 4.11 Å². The first-order valence-electron chi connectivity index (χ1n) is 4.60. The SMILES string of the molecule is [2H]c1nn(-c2cncc(Br)n2)c([2H])c1[2H]. The third-order valence-electron chi connectivity index (χ3n) is 1.18. The normalized spacial score (nSPS) is 13.6. The number of halogens is 1. The van der Waals surface area contributed by atoms with E-state index >= 15 is 0 Å². The van der Waals surface area contributed by atoms with E-state index in [1.54, 1.807) is 0 Å². The summed E-state index contributed by atoms with van der Waals surface area (Å²) in [5, 5.41) is 3.71. The minimum Gasteiger partial charge on any atom is -0.258 e. The lowest BCUT2D eigenvalue weighted by Gasteiger charge is -1.97. The topological polar surface area (TPSA) is 43.6 Å². The van der Waals surface area contributed by atoms with Crippen molar-refractivity contribution in [3.05, 3.63) is 35.4 Å². The molecule has 0 aromatic carbocycles. The van der Waals surface area contributed by atoms with Gasteiger partial charge in [-0.25, -0.2) is 9.67 Å². The highest BCUT2D eigenvalue weighted by atomic mass is 79.9. The third-order valence-corrected chi connectivity index (χ3v) is 1.56. The smallest absolute Gasteiger partial charge is 0.172 e. The fourth-order valence-electron chi connectivity index (χ4n) is 0.721. The zero-order valence-electron chi connectivity index (χ0n) is 8.82. The molecule has 0 spiro atoms. The van der Waals surface area contributed by atoms with Crippen LogP contribution in [0.1, 0.15) is 4.11 Å². The maximum atomic E-state index is 7.53. The van der Waals surface area contributed by atoms with Gasteiger partial charge in [0.1, 0.15) is 4.60 Å². The quantitative estimate of drug-likeness (QED) is 0.741. The fraction of sp³-hybridized carbons (Fsp3) is 0. The zero-order chi connectivity index (χ0) is 11.0. The van der Waals surface area contributed by atoms with Gasteiger partial charge in [-0.15, -0.1) is 0 Å². The Balaban J connectivity index is 2.59. The Bertz CT molecular complexity index is 513. The first kappa shape index (κ1) is 4.71. The van der Waals surface area contributed by atoms with Crippen molar-refractivity contribution in [2.24, 2.45) is 0 Å². The number of hydrogen-bond donors (Lipinski definition) is 0. The highest BCUT2D eigenvalue weighted by Crippen LogP contribution is 2.06. The molecule has 12 heavy (non-hydrogen) atoms. The van der Waals surface area contributed by atoms with Gasteiger partial charge in [-0.2, -0.15) is 5.10 Å². The van der Waals surface area contributed by atoms with Crippen LogP contribution in [-0.2, 0) is 0 Å². The van der Waals surface area contributed by atoms with Gasteiger partial charge in [-0.1, -0.05) is 0 Å². The molecule has 0 unspecified atom stereocenters. The molecule has 0 aliphatic heterocycles. The fourth-order valence-corrected chi connectivity index (χ4v) is 1.02. The molecular formula is C7H5BrN4. The second kappa shape index (κ2) is 3.02. The summed E-state index contributed by atoms with van der Waals surface area (Å²) >= 11 is 3.14. The Hall–Kier alpha value is -1.23. The van der Waals surface area contributed by atoms with Gasteiger partial charge in [-0.05, 0) is 22.0 Å². The van der Waals surface area contributed by atoms with Crippen molar-refractivity contribution in [2.75, 3.05) is 0 Å². The van der Waals surface area contributed by atoms with Gasteiger partial charge >= 0.3 is 0 Å². The molecule has 5 heteroatoms. The predicted molar refractivity (Wildman–Crippen MR) is 46.9 cm³/mol. The zero-order valence-corrected chi connectivity index (χ0v) is 7.41. The largest absolute Gasteiger partial charge is 0.258 e. The molecule has 0 radical (unpaired) electrons. The van der Waals surface area contributed by atoms with Crippen LogP contribution >= 0.6 is 15.9 Å². The number of aromatic nitrogens is 4. The van der Waals surface area contributed by atoms with E-state index in [9.17, 15) is 0 Å². The van der Waals surface area contributed by atoms with Crippen molar-refractivity contribution in [3.63, 3.8) is 0 Å². The molecule has 60 valence electrons. The van der Waals surface area contributed by atoms with E-state index in [2.05, 4.69) is 31.0 Å². The summed E-state index contributed by atoms with van der Waals surface area (Å²) in [5.74, 6) is 0.307. The van der Waals surface area contributed by atoms with Crippen molar-refractivity contribution >= 4 is 15.9 Å². The molecule has 0 atom stereocenters. The molecule has 0 aliphatic carbocycles. The minimum atomic E-state index is -0.248. The van der Waals surface area contributed by atoms with Crippen LogP contribution in [0.2, 0.25) is 0 Å². The lowest BCUT2D eigenvalue weighted by atomic mass is 10.6. The summed E-state index contributed by atoms with van der Waals surface area (Å²) in [6, 6.07) is -0.225. The minimum absolute atomic E-state index is 0.174. The molecule has 0 bridgehead atoms. The van der Waals surface area contributed by atoms with Crippen LogP contribution in [0, 0.1) is 0 Å². The van der Waals surface area contributed by atoms with E-state index in [4.69, 9.17) is 4.11 Å². The number of rotatable bonds is 1. The van der Waals surface area contributed by atoms with E-state index in [0.29, 0.717) is 10.4 Å². The summed E-state index contributed by atoms with van der Waals surface area (Å²) in [6.45, 7) is 0. The van der Waals surface area contributed by atoms with Crippen LogP contribution in [0.3, 0.4) is 0 Å². The molecule has 2 aromatic heterocycles. The van der Waals surface area contributed by atoms with Gasteiger partial charge in [0.25, 0.3) is 0 Å². The Morgan fingerprint density at radius 3 is 3.08 bits per heavy atom. The lowest BCUT2D eigenvalue weighted by Crippen LogP contribution is -1.98. The molecule has 2 aromatic rings. The standard InChI is InChI=1S/C7H5BrN4/c8-6-4-9-5-7(11-6)12-3-1-2-10-12/h1-5H/i1D,2D,3D. The van der Waals surface area contributed by atoms with Crippen LogP contribution < -0.4 is 0 Å². The molecule has 0 saturated carbocycles. The van der Waals surface area contributed by atoms with Gasteiger partial charge < -0.3 is 0 Å². The number of nitrogens with zero attached hydrogens (tertiary/aromatic N) is 4. The molecule has 0 aliphatic rings. The van der Waals surface area contributed by atoms with E-state index in [0.717, 1.165) is 4.68 Å². The second-order valence-corrected chi connectivity index (χ2v) is 2.77. The van der Waals surface area contributed by atoms with Gasteiger partial charge in [-0.3, -0.25) is 4.98 Å². The van der Waals surface area contributed by atoms with E-state index in [-0.39, 0.29) is 18.4 Å². The van der Waals surface area contributed by atoms with Crippen molar-refractivity contribution in [1.29, 1.82) is 0 Å². The van der Waals surface area contributed by atoms with Crippen LogP contribution in [0.5, 0.6) is 0 Å². The molecule has 0 N–H and O–H groups in total. The van der Waals surface area contributed by atoms with Gasteiger partial charge in [0, 0.05) is 12.3 Å². The van der Waals surface area contributed by atoms with Crippen LogP contribution in [0.15, 0.2) is 35.4 Å². The summed E-state index contributed by atoms with van der Waals surface area (Å²) in [5.41, 5.74) is 0. The van der Waals surface area contributed by atoms with Crippen molar-refractivity contribution in [3.8, 4) is 5.82 Å². The maximum Gasteiger partial charge on any atom is 0.172 e. The van der Waals surface area contributed by atoms with Crippen molar-refractivity contribution in [2.45, 2.75) is 0 Å². The van der Waals surface area contributed by atoms with E-state index in [1.807, 2.05) is 0 Å². The molecular weight excluding hydrogens is 220 g/mol. The van der Waals surface area contributed by atoms with Gasteiger partial charge in [0.15, 0.2) is 5.82 Å². The molecule has 0 fully saturated rings. The predicted octanol–water partition coefficient (Wildman–Crippen LogP) is 1.42. The summed E-state index contributed by atoms with van der Waals surface area (Å²) in [6.07, 6.45) is 2.49. The average Bonchev–Trinajstić information content (AvgIpc) is 2.46. The molecule has 0 saturated heterocycles. The second-order valence-electron chi connectivity index (χ2n) is 1.96. The highest BCUT2D eigenvalue weighted by Gasteiger charge is 1.97. The Morgan fingerprint density at radius 2 is 2.42 bits per heavy atom. The van der Waals surface area contributed by atoms with Gasteiger partial charge in [0.2, 0.25) is 0 Å². The van der Waals surface area contributed by atoms with Crippen molar-refractivity contribution in [1.82, 2.24) is 19.7 Å². The molecule has 2 heterocycles. The van der Waals surface area contributed by atoms with Crippen LogP contribution in [0.25, 0.3) is 5.82 Å². The van der Waals surface area contributed by atoms with Gasteiger partial charge in [0.05, 0.1) is 16.5 Å². The Morgan fingerprint density at radius 1 is 1.50 bits per heavy atom. The van der Waals surface area contributed by atoms with E-state index < -0.39 is 0 Å². The molecule has 2 rings (SSSR count). The summed E-state index contributed by atoms with van der Waals surface area (Å²) in [4.78, 5) is 7.89. The average molecular weight is 228 g/mol. The monoisotopic (exact) mass is 227 g/mol. The van der Waals surface area contributed by atoms with Crippen LogP contribution in [0.4, 0.5) is 0 Å². The molecule has 4 nitrogen and oxygen atoms in total. The lowest BCUT2D eigenvalue weighted by molar-refractivity contribution is 0.833. The highest BCUT2D eigenvalue weighted by molar-refractivity contribution is 9.10. The third kappa shape index (κ3) is 1.35. The van der Waals surface area contributed by atoms with Crippen LogP contribution in [-0.4, -0.2) is 19.7 Å². The number of hydrogen-bond acceptors (Lipinski definition) is 3. The Kier molecular flexibility index (Phi) is 1.19. The first-order chi connectivity index (χ1) is 7.09. The Labute approximate surface area is 81.6 Å². The summed E-state index contributed by atoms with van der Waals surface area (Å²) < 4.78 is 23.8.